The normalized spacial score (nSPS) is 19.9. The van der Waals surface area contributed by atoms with E-state index in [0.717, 1.165) is 29.7 Å². The van der Waals surface area contributed by atoms with Crippen LogP contribution in [0.4, 0.5) is 5.69 Å². The van der Waals surface area contributed by atoms with Gasteiger partial charge in [-0.2, -0.15) is 0 Å². The van der Waals surface area contributed by atoms with Gasteiger partial charge in [0.2, 0.25) is 11.8 Å². The fourth-order valence-corrected chi connectivity index (χ4v) is 5.68. The van der Waals surface area contributed by atoms with Gasteiger partial charge in [0.1, 0.15) is 5.38 Å². The highest BCUT2D eigenvalue weighted by Crippen LogP contribution is 2.47. The van der Waals surface area contributed by atoms with Crippen LogP contribution in [0.3, 0.4) is 0 Å². The van der Waals surface area contributed by atoms with Crippen LogP contribution in [0.5, 0.6) is 0 Å². The van der Waals surface area contributed by atoms with Gasteiger partial charge in [0, 0.05) is 18.8 Å². The summed E-state index contributed by atoms with van der Waals surface area (Å²) in [6, 6.07) is 17.6. The number of rotatable bonds is 3. The zero-order chi connectivity index (χ0) is 19.7. The molecule has 146 valence electrons. The topological polar surface area (TPSA) is 40.6 Å². The lowest BCUT2D eigenvalue weighted by Gasteiger charge is -2.44. The van der Waals surface area contributed by atoms with Crippen LogP contribution in [0.25, 0.3) is 0 Å². The van der Waals surface area contributed by atoms with Crippen molar-refractivity contribution in [2.24, 2.45) is 0 Å². The molecule has 2 aromatic carbocycles. The van der Waals surface area contributed by atoms with Gasteiger partial charge in [-0.25, -0.2) is 0 Å². The monoisotopic (exact) mass is 414 g/mol. The van der Waals surface area contributed by atoms with Crippen LogP contribution in [0.1, 0.15) is 29.3 Å². The van der Waals surface area contributed by atoms with E-state index in [4.69, 9.17) is 11.6 Å². The van der Waals surface area contributed by atoms with E-state index in [0.29, 0.717) is 18.8 Å². The van der Waals surface area contributed by atoms with Crippen LogP contribution in [0.2, 0.25) is 0 Å². The van der Waals surface area contributed by atoms with Crippen molar-refractivity contribution in [1.82, 2.24) is 4.90 Å². The van der Waals surface area contributed by atoms with E-state index < -0.39 is 5.38 Å². The Labute approximate surface area is 174 Å². The van der Waals surface area contributed by atoms with E-state index in [1.807, 2.05) is 65.3 Å². The molecule has 0 unspecified atom stereocenters. The quantitative estimate of drug-likeness (QED) is 0.700. The summed E-state index contributed by atoms with van der Waals surface area (Å²) in [5.41, 5.74) is 2.91. The van der Waals surface area contributed by atoms with E-state index in [2.05, 4.69) is 6.07 Å². The van der Waals surface area contributed by atoms with E-state index in [9.17, 15) is 9.59 Å². The fourth-order valence-electron chi connectivity index (χ4n) is 4.07. The highest BCUT2D eigenvalue weighted by molar-refractivity contribution is 8.02. The number of benzene rings is 2. The summed E-state index contributed by atoms with van der Waals surface area (Å²) in [4.78, 5) is 29.1. The lowest BCUT2D eigenvalue weighted by Crippen LogP contribution is -2.53. The highest BCUT2D eigenvalue weighted by Gasteiger charge is 2.49. The largest absolute Gasteiger partial charge is 0.341 e. The molecule has 2 aromatic rings. The molecule has 4 nitrogen and oxygen atoms in total. The standard InChI is InChI=1S/C22H23ClN2O2S/c1-16-6-5-9-18(14-16)25-19(26)15-28-22(25)10-12-24(13-11-22)21(27)20(23)17-7-3-2-4-8-17/h2-9,14,20H,10-13,15H2,1H3/t20-/m0/s1. The van der Waals surface area contributed by atoms with Gasteiger partial charge < -0.3 is 4.90 Å². The van der Waals surface area contributed by atoms with Gasteiger partial charge in [0.05, 0.1) is 10.6 Å². The van der Waals surface area contributed by atoms with Crippen molar-refractivity contribution in [2.45, 2.75) is 30.0 Å². The van der Waals surface area contributed by atoms with Gasteiger partial charge in [0.25, 0.3) is 0 Å². The second kappa shape index (κ2) is 7.80. The molecule has 0 N–H and O–H groups in total. The number of likely N-dealkylation sites (tertiary alicyclic amines) is 1. The third kappa shape index (κ3) is 3.53. The van der Waals surface area contributed by atoms with E-state index in [1.54, 1.807) is 11.8 Å². The van der Waals surface area contributed by atoms with Gasteiger partial charge in [-0.1, -0.05) is 42.5 Å². The van der Waals surface area contributed by atoms with Crippen molar-refractivity contribution in [3.05, 3.63) is 65.7 Å². The van der Waals surface area contributed by atoms with E-state index >= 15 is 0 Å². The molecule has 0 saturated carbocycles. The second-order valence-corrected chi connectivity index (χ2v) is 9.18. The number of carbonyl (C=O) groups excluding carboxylic acids is 2. The van der Waals surface area contributed by atoms with Crippen LogP contribution in [0, 0.1) is 6.92 Å². The number of alkyl halides is 1. The maximum absolute atomic E-state index is 12.9. The highest BCUT2D eigenvalue weighted by atomic mass is 35.5. The Kier molecular flexibility index (Phi) is 5.39. The number of amides is 2. The molecule has 2 amide bonds. The van der Waals surface area contributed by atoms with Crippen molar-refractivity contribution in [3.63, 3.8) is 0 Å². The molecule has 0 aromatic heterocycles. The summed E-state index contributed by atoms with van der Waals surface area (Å²) in [5.74, 6) is 0.582. The summed E-state index contributed by atoms with van der Waals surface area (Å²) >= 11 is 8.15. The molecule has 0 bridgehead atoms. The van der Waals surface area contributed by atoms with Gasteiger partial charge in [-0.3, -0.25) is 14.5 Å². The number of halogens is 1. The van der Waals surface area contributed by atoms with Crippen LogP contribution < -0.4 is 4.90 Å². The summed E-state index contributed by atoms with van der Waals surface area (Å²) in [7, 11) is 0. The SMILES string of the molecule is Cc1cccc(N2C(=O)CSC23CCN(C(=O)[C@@H](Cl)c2ccccc2)CC3)c1. The number of hydrogen-bond donors (Lipinski definition) is 0. The van der Waals surface area contributed by atoms with Gasteiger partial charge in [-0.05, 0) is 43.0 Å². The smallest absolute Gasteiger partial charge is 0.245 e. The molecule has 2 fully saturated rings. The molecule has 2 saturated heterocycles. The minimum atomic E-state index is -0.666. The zero-order valence-corrected chi connectivity index (χ0v) is 17.4. The van der Waals surface area contributed by atoms with Crippen LogP contribution in [-0.2, 0) is 9.59 Å². The predicted molar refractivity (Wildman–Crippen MR) is 115 cm³/mol. The fraction of sp³-hybridized carbons (Fsp3) is 0.364. The molecule has 6 heteroatoms. The average molecular weight is 415 g/mol. The van der Waals surface area contributed by atoms with Crippen molar-refractivity contribution < 1.29 is 9.59 Å². The number of carbonyl (C=O) groups is 2. The average Bonchev–Trinajstić information content (AvgIpc) is 3.04. The Balaban J connectivity index is 1.49. The first-order chi connectivity index (χ1) is 13.5. The van der Waals surface area contributed by atoms with Gasteiger partial charge in [-0.15, -0.1) is 23.4 Å². The number of anilines is 1. The first kappa shape index (κ1) is 19.3. The first-order valence-electron chi connectivity index (χ1n) is 9.52. The second-order valence-electron chi connectivity index (χ2n) is 7.40. The Morgan fingerprint density at radius 3 is 2.50 bits per heavy atom. The van der Waals surface area contributed by atoms with Crippen molar-refractivity contribution in [2.75, 3.05) is 23.7 Å². The molecular weight excluding hydrogens is 392 g/mol. The molecular formula is C22H23ClN2O2S. The molecule has 1 atom stereocenters. The molecule has 4 rings (SSSR count). The number of piperidine rings is 1. The Hall–Kier alpha value is -1.98. The molecule has 2 aliphatic heterocycles. The summed E-state index contributed by atoms with van der Waals surface area (Å²) in [5, 5.41) is -0.666. The van der Waals surface area contributed by atoms with E-state index in [-0.39, 0.29) is 16.7 Å². The molecule has 28 heavy (non-hydrogen) atoms. The molecule has 0 radical (unpaired) electrons. The van der Waals surface area contributed by atoms with E-state index in [1.165, 1.54) is 0 Å². The van der Waals surface area contributed by atoms with Crippen LogP contribution >= 0.6 is 23.4 Å². The minimum Gasteiger partial charge on any atom is -0.341 e. The lowest BCUT2D eigenvalue weighted by atomic mass is 10.00. The minimum absolute atomic E-state index is 0.0563. The number of nitrogens with zero attached hydrogens (tertiary/aromatic N) is 2. The van der Waals surface area contributed by atoms with Crippen LogP contribution in [0.15, 0.2) is 54.6 Å². The Morgan fingerprint density at radius 1 is 1.11 bits per heavy atom. The number of aryl methyl sites for hydroxylation is 1. The molecule has 0 aliphatic carbocycles. The zero-order valence-electron chi connectivity index (χ0n) is 15.8. The number of hydrogen-bond acceptors (Lipinski definition) is 3. The lowest BCUT2D eigenvalue weighted by molar-refractivity contribution is -0.132. The predicted octanol–water partition coefficient (Wildman–Crippen LogP) is 4.37. The third-order valence-electron chi connectivity index (χ3n) is 5.55. The summed E-state index contributed by atoms with van der Waals surface area (Å²) in [6.07, 6.45) is 1.50. The molecule has 1 spiro atoms. The summed E-state index contributed by atoms with van der Waals surface area (Å²) < 4.78 is 0. The third-order valence-corrected chi connectivity index (χ3v) is 7.50. The van der Waals surface area contributed by atoms with Gasteiger partial charge in [0.15, 0.2) is 0 Å². The molecule has 2 heterocycles. The number of thioether (sulfide) groups is 1. The van der Waals surface area contributed by atoms with Crippen molar-refractivity contribution >= 4 is 40.9 Å². The Bertz CT molecular complexity index is 881. The van der Waals surface area contributed by atoms with Crippen molar-refractivity contribution in [3.8, 4) is 0 Å². The summed E-state index contributed by atoms with van der Waals surface area (Å²) in [6.45, 7) is 3.25. The van der Waals surface area contributed by atoms with Crippen LogP contribution in [-0.4, -0.2) is 40.4 Å². The maximum Gasteiger partial charge on any atom is 0.245 e. The van der Waals surface area contributed by atoms with Gasteiger partial charge >= 0.3 is 0 Å². The molecule has 2 aliphatic rings. The Morgan fingerprint density at radius 2 is 1.82 bits per heavy atom. The maximum atomic E-state index is 12.9. The first-order valence-corrected chi connectivity index (χ1v) is 10.9. The van der Waals surface area contributed by atoms with Crippen molar-refractivity contribution in [1.29, 1.82) is 0 Å².